The molecule has 7 aromatic rings. The van der Waals surface area contributed by atoms with Crippen LogP contribution in [0.3, 0.4) is 0 Å². The monoisotopic (exact) mass is 1010 g/mol. The first kappa shape index (κ1) is 50.7. The Morgan fingerprint density at radius 3 is 1.49 bits per heavy atom. The van der Waals surface area contributed by atoms with Crippen molar-refractivity contribution in [3.8, 4) is 22.3 Å². The lowest BCUT2D eigenvalue weighted by atomic mass is 9.33. The van der Waals surface area contributed by atoms with E-state index in [2.05, 4.69) is 250 Å². The standard InChI is InChI=1S/C74H85BN2/c1-44-36-53-56(72(13,14)34-32-69(53,7)8)42-61(44)77-60-29-26-45(48-23-21-25-52-65(48)49-22-19-20-24-50(49)74(52,17)18)37-58(60)75-59-41-55-57(73(15,16)35-33-71(55,11)12)43-62(59)76(63-38-46(67(2,3)4)39-64(77)66(63)75)47-27-28-51-54(40-47)70(9,10)31-30-68(51,5)6/h19-29,36-43H,30-35H2,1-18H3. The fraction of sp³-hybridized carbons (Fsp3) is 0.432. The van der Waals surface area contributed by atoms with Crippen molar-refractivity contribution in [3.05, 3.63) is 171 Å². The summed E-state index contributed by atoms with van der Waals surface area (Å²) in [6.45, 7) is 44.4. The summed E-state index contributed by atoms with van der Waals surface area (Å²) in [4.78, 5) is 5.51. The number of aryl methyl sites for hydroxylation is 1. The summed E-state index contributed by atoms with van der Waals surface area (Å²) in [7, 11) is 0. The van der Waals surface area contributed by atoms with Crippen LogP contribution in [0.2, 0.25) is 0 Å². The average molecular weight is 1010 g/mol. The van der Waals surface area contributed by atoms with Crippen molar-refractivity contribution in [1.29, 1.82) is 0 Å². The van der Waals surface area contributed by atoms with E-state index in [4.69, 9.17) is 0 Å². The third-order valence-corrected chi connectivity index (χ3v) is 21.3. The SMILES string of the molecule is Cc1cc2c(cc1N1c3ccc(-c4cccc5c4-c4ccccc4C5(C)C)cc3B3c4cc5c(cc4N(c4ccc6c(c4)C(C)(C)CCC6(C)C)c4cc(C(C)(C)C)cc1c43)C(C)(C)CCC5(C)C)C(C)(C)CCC2(C)C. The van der Waals surface area contributed by atoms with Crippen molar-refractivity contribution in [3.63, 3.8) is 0 Å². The predicted molar refractivity (Wildman–Crippen MR) is 333 cm³/mol. The molecular formula is C74H85BN2. The Kier molecular flexibility index (Phi) is 10.5. The second-order valence-corrected chi connectivity index (χ2v) is 30.6. The van der Waals surface area contributed by atoms with E-state index in [1.807, 2.05) is 0 Å². The van der Waals surface area contributed by atoms with E-state index in [-0.39, 0.29) is 50.0 Å². The van der Waals surface area contributed by atoms with Gasteiger partial charge >= 0.3 is 0 Å². The van der Waals surface area contributed by atoms with Gasteiger partial charge in [-0.2, -0.15) is 0 Å². The van der Waals surface area contributed by atoms with E-state index in [0.29, 0.717) is 0 Å². The van der Waals surface area contributed by atoms with Gasteiger partial charge in [0, 0.05) is 39.5 Å². The van der Waals surface area contributed by atoms with Gasteiger partial charge in [0.2, 0.25) is 0 Å². The van der Waals surface area contributed by atoms with E-state index < -0.39 is 0 Å². The first-order valence-corrected chi connectivity index (χ1v) is 29.6. The molecule has 394 valence electrons. The molecule has 0 saturated heterocycles. The molecule has 0 unspecified atom stereocenters. The third-order valence-electron chi connectivity index (χ3n) is 21.3. The molecule has 2 nitrogen and oxygen atoms in total. The molecular weight excluding hydrogens is 928 g/mol. The largest absolute Gasteiger partial charge is 0.311 e. The second-order valence-electron chi connectivity index (χ2n) is 30.6. The lowest BCUT2D eigenvalue weighted by Crippen LogP contribution is -2.62. The van der Waals surface area contributed by atoms with E-state index in [0.717, 1.165) is 0 Å². The molecule has 2 heterocycles. The molecule has 0 amide bonds. The summed E-state index contributed by atoms with van der Waals surface area (Å²) >= 11 is 0. The van der Waals surface area contributed by atoms with Gasteiger partial charge in [-0.15, -0.1) is 0 Å². The molecule has 7 aromatic carbocycles. The van der Waals surface area contributed by atoms with Crippen molar-refractivity contribution in [2.75, 3.05) is 9.80 Å². The highest BCUT2D eigenvalue weighted by molar-refractivity contribution is 7.00. The average Bonchev–Trinajstić information content (AvgIpc) is 3.73. The van der Waals surface area contributed by atoms with Crippen molar-refractivity contribution >= 4 is 57.2 Å². The van der Waals surface area contributed by atoms with Crippen LogP contribution in [0, 0.1) is 6.92 Å². The number of hydrogen-bond acceptors (Lipinski definition) is 2. The fourth-order valence-electron chi connectivity index (χ4n) is 15.9. The summed E-state index contributed by atoms with van der Waals surface area (Å²) < 4.78 is 0. The molecule has 0 N–H and O–H groups in total. The Hall–Kier alpha value is -5.80. The zero-order valence-corrected chi connectivity index (χ0v) is 50.2. The normalized spacial score (nSPS) is 20.7. The highest BCUT2D eigenvalue weighted by atomic mass is 15.2. The maximum Gasteiger partial charge on any atom is 0.252 e. The van der Waals surface area contributed by atoms with Crippen LogP contribution >= 0.6 is 0 Å². The molecule has 6 aliphatic rings. The van der Waals surface area contributed by atoms with Crippen molar-refractivity contribution in [2.24, 2.45) is 0 Å². The van der Waals surface area contributed by atoms with Crippen LogP contribution in [0.4, 0.5) is 34.1 Å². The predicted octanol–water partition coefficient (Wildman–Crippen LogP) is 18.4. The van der Waals surface area contributed by atoms with Gasteiger partial charge in [-0.1, -0.05) is 190 Å². The number of rotatable bonds is 3. The maximum absolute atomic E-state index is 2.76. The highest BCUT2D eigenvalue weighted by Crippen LogP contribution is 2.57. The number of fused-ring (bicyclic) bond motifs is 10. The van der Waals surface area contributed by atoms with E-state index in [1.165, 1.54) is 167 Å². The van der Waals surface area contributed by atoms with Crippen LogP contribution < -0.4 is 26.2 Å². The molecule has 0 bridgehead atoms. The Labute approximate surface area is 464 Å². The summed E-state index contributed by atoms with van der Waals surface area (Å²) in [5.41, 5.74) is 32.2. The first-order chi connectivity index (χ1) is 35.9. The van der Waals surface area contributed by atoms with Gasteiger partial charge in [-0.05, 0) is 220 Å². The minimum absolute atomic E-state index is 0.0144. The number of nitrogens with zero attached hydrogens (tertiary/aromatic N) is 2. The highest BCUT2D eigenvalue weighted by Gasteiger charge is 2.49. The van der Waals surface area contributed by atoms with Crippen molar-refractivity contribution < 1.29 is 0 Å². The molecule has 3 heteroatoms. The van der Waals surface area contributed by atoms with Crippen LogP contribution in [0.15, 0.2) is 115 Å². The summed E-state index contributed by atoms with van der Waals surface area (Å²) in [6, 6.07) is 47.5. The van der Waals surface area contributed by atoms with Crippen LogP contribution in [-0.4, -0.2) is 6.71 Å². The van der Waals surface area contributed by atoms with Gasteiger partial charge < -0.3 is 9.80 Å². The Bertz CT molecular complexity index is 3690. The summed E-state index contributed by atoms with van der Waals surface area (Å²) in [5.74, 6) is 0. The minimum atomic E-state index is -0.124. The van der Waals surface area contributed by atoms with Gasteiger partial charge in [0.15, 0.2) is 0 Å². The Morgan fingerprint density at radius 2 is 0.883 bits per heavy atom. The van der Waals surface area contributed by atoms with Gasteiger partial charge in [0.25, 0.3) is 6.71 Å². The smallest absolute Gasteiger partial charge is 0.252 e. The van der Waals surface area contributed by atoms with Crippen LogP contribution in [-0.2, 0) is 43.3 Å². The molecule has 13 rings (SSSR count). The summed E-state index contributed by atoms with van der Waals surface area (Å²) in [6.07, 6.45) is 7.08. The molecule has 0 aromatic heterocycles. The van der Waals surface area contributed by atoms with Gasteiger partial charge in [-0.25, -0.2) is 0 Å². The van der Waals surface area contributed by atoms with E-state index >= 15 is 0 Å². The lowest BCUT2D eigenvalue weighted by Gasteiger charge is -2.49. The second kappa shape index (κ2) is 15.9. The van der Waals surface area contributed by atoms with Crippen molar-refractivity contribution in [2.45, 2.75) is 206 Å². The van der Waals surface area contributed by atoms with E-state index in [1.54, 1.807) is 0 Å². The number of benzene rings is 7. The molecule has 4 aliphatic carbocycles. The first-order valence-electron chi connectivity index (χ1n) is 29.6. The lowest BCUT2D eigenvalue weighted by molar-refractivity contribution is 0.332. The molecule has 0 saturated carbocycles. The van der Waals surface area contributed by atoms with Crippen molar-refractivity contribution in [1.82, 2.24) is 0 Å². The van der Waals surface area contributed by atoms with Gasteiger partial charge in [0.1, 0.15) is 0 Å². The molecule has 0 atom stereocenters. The quantitative estimate of drug-likeness (QED) is 0.163. The zero-order valence-electron chi connectivity index (χ0n) is 50.2. The molecule has 0 radical (unpaired) electrons. The fourth-order valence-corrected chi connectivity index (χ4v) is 15.9. The third kappa shape index (κ3) is 7.25. The van der Waals surface area contributed by atoms with Gasteiger partial charge in [0.05, 0.1) is 0 Å². The minimum Gasteiger partial charge on any atom is -0.311 e. The Balaban J connectivity index is 1.17. The maximum atomic E-state index is 2.76. The van der Waals surface area contributed by atoms with Crippen LogP contribution in [0.5, 0.6) is 0 Å². The molecule has 0 spiro atoms. The molecule has 2 aliphatic heterocycles. The van der Waals surface area contributed by atoms with E-state index in [9.17, 15) is 0 Å². The molecule has 0 fully saturated rings. The number of anilines is 6. The summed E-state index contributed by atoms with van der Waals surface area (Å²) in [5, 5.41) is 0. The van der Waals surface area contributed by atoms with Gasteiger partial charge in [-0.3, -0.25) is 0 Å². The zero-order chi connectivity index (χ0) is 54.7. The van der Waals surface area contributed by atoms with Crippen LogP contribution in [0.25, 0.3) is 22.3 Å². The Morgan fingerprint density at radius 1 is 0.390 bits per heavy atom. The van der Waals surface area contributed by atoms with Crippen LogP contribution in [0.1, 0.15) is 212 Å². The topological polar surface area (TPSA) is 6.48 Å². The number of hydrogen-bond donors (Lipinski definition) is 0. The molecule has 77 heavy (non-hydrogen) atoms.